The lowest BCUT2D eigenvalue weighted by molar-refractivity contribution is 0.0896. The zero-order chi connectivity index (χ0) is 13.9. The van der Waals surface area contributed by atoms with Crippen LogP contribution in [0.3, 0.4) is 0 Å². The van der Waals surface area contributed by atoms with E-state index in [0.717, 1.165) is 0 Å². The first-order valence-corrected chi connectivity index (χ1v) is 7.58. The summed E-state index contributed by atoms with van der Waals surface area (Å²) in [4.78, 5) is -0.0303. The van der Waals surface area contributed by atoms with Gasteiger partial charge in [-0.05, 0) is 31.5 Å². The van der Waals surface area contributed by atoms with Crippen LogP contribution in [-0.2, 0) is 14.8 Å². The smallest absolute Gasteiger partial charge is 0.241 e. The van der Waals surface area contributed by atoms with Gasteiger partial charge in [0.05, 0.1) is 6.61 Å². The van der Waals surface area contributed by atoms with Crippen LogP contribution in [0.2, 0.25) is 0 Å². The number of methoxy groups -OCH3 is 1. The van der Waals surface area contributed by atoms with E-state index in [1.54, 1.807) is 27.0 Å². The van der Waals surface area contributed by atoms with E-state index in [0.29, 0.717) is 16.6 Å². The normalized spacial score (nSPS) is 13.4. The van der Waals surface area contributed by atoms with E-state index in [-0.39, 0.29) is 16.7 Å². The van der Waals surface area contributed by atoms with Crippen LogP contribution in [0.4, 0.5) is 0 Å². The number of aryl methyl sites for hydroxylation is 1. The lowest BCUT2D eigenvalue weighted by Crippen LogP contribution is -2.21. The molecule has 0 aliphatic carbocycles. The molecule has 0 heterocycles. The van der Waals surface area contributed by atoms with Crippen molar-refractivity contribution in [1.82, 2.24) is 0 Å². The van der Waals surface area contributed by atoms with Crippen molar-refractivity contribution in [2.75, 3.05) is 13.7 Å². The van der Waals surface area contributed by atoms with Gasteiger partial charge >= 0.3 is 0 Å². The Morgan fingerprint density at radius 3 is 2.56 bits per heavy atom. The second-order valence-electron chi connectivity index (χ2n) is 3.98. The van der Waals surface area contributed by atoms with E-state index in [2.05, 4.69) is 15.9 Å². The van der Waals surface area contributed by atoms with Crippen LogP contribution >= 0.6 is 15.9 Å². The third-order valence-electron chi connectivity index (χ3n) is 2.23. The minimum Gasteiger partial charge on any atom is -0.487 e. The van der Waals surface area contributed by atoms with Gasteiger partial charge in [-0.1, -0.05) is 15.9 Å². The van der Waals surface area contributed by atoms with Gasteiger partial charge in [-0.25, -0.2) is 13.6 Å². The van der Waals surface area contributed by atoms with Crippen LogP contribution in [0, 0.1) is 6.92 Å². The largest absolute Gasteiger partial charge is 0.487 e. The van der Waals surface area contributed by atoms with Gasteiger partial charge in [-0.3, -0.25) is 0 Å². The van der Waals surface area contributed by atoms with Crippen LogP contribution in [0.25, 0.3) is 0 Å². The fraction of sp³-hybridized carbons (Fsp3) is 0.455. The lowest BCUT2D eigenvalue weighted by Gasteiger charge is -2.18. The summed E-state index contributed by atoms with van der Waals surface area (Å²) in [5.41, 5.74) is 0.691. The lowest BCUT2D eigenvalue weighted by atomic mass is 10.2. The topological polar surface area (TPSA) is 78.6 Å². The zero-order valence-electron chi connectivity index (χ0n) is 10.4. The first-order chi connectivity index (χ1) is 8.25. The summed E-state index contributed by atoms with van der Waals surface area (Å²) >= 11 is 3.24. The zero-order valence-corrected chi connectivity index (χ0v) is 12.8. The van der Waals surface area contributed by atoms with E-state index < -0.39 is 10.0 Å². The van der Waals surface area contributed by atoms with Crippen molar-refractivity contribution in [3.05, 3.63) is 22.2 Å². The minimum atomic E-state index is -3.83. The molecule has 5 nitrogen and oxygen atoms in total. The molecule has 1 aromatic rings. The number of nitrogens with two attached hydrogens (primary N) is 1. The molecule has 0 bridgehead atoms. The Morgan fingerprint density at radius 1 is 1.44 bits per heavy atom. The minimum absolute atomic E-state index is 0.0303. The molecule has 2 N–H and O–H groups in total. The molecule has 0 amide bonds. The fourth-order valence-electron chi connectivity index (χ4n) is 1.53. The van der Waals surface area contributed by atoms with Gasteiger partial charge in [-0.15, -0.1) is 0 Å². The number of sulfonamides is 1. The Hall–Kier alpha value is -0.630. The summed E-state index contributed by atoms with van der Waals surface area (Å²) in [6.45, 7) is 3.91. The Labute approximate surface area is 115 Å². The summed E-state index contributed by atoms with van der Waals surface area (Å²) in [7, 11) is -2.28. The van der Waals surface area contributed by atoms with E-state index in [9.17, 15) is 8.42 Å². The Bertz CT molecular complexity index is 530. The van der Waals surface area contributed by atoms with Crippen LogP contribution in [0.1, 0.15) is 12.5 Å². The molecular weight excluding hydrogens is 322 g/mol. The molecule has 18 heavy (non-hydrogen) atoms. The van der Waals surface area contributed by atoms with E-state index in [4.69, 9.17) is 14.6 Å². The number of hydrogen-bond donors (Lipinski definition) is 1. The van der Waals surface area contributed by atoms with Crippen LogP contribution in [0.5, 0.6) is 5.75 Å². The number of ether oxygens (including phenoxy) is 2. The molecule has 0 saturated carbocycles. The maximum absolute atomic E-state index is 11.5. The fourth-order valence-corrected chi connectivity index (χ4v) is 3.01. The summed E-state index contributed by atoms with van der Waals surface area (Å²) in [5, 5.41) is 5.19. The van der Waals surface area contributed by atoms with Gasteiger partial charge in [0.2, 0.25) is 10.0 Å². The summed E-state index contributed by atoms with van der Waals surface area (Å²) in [6.07, 6.45) is -0.268. The highest BCUT2D eigenvalue weighted by Crippen LogP contribution is 2.31. The molecule has 0 saturated heterocycles. The van der Waals surface area contributed by atoms with Gasteiger partial charge in [0.25, 0.3) is 0 Å². The first kappa shape index (κ1) is 15.4. The molecule has 0 fully saturated rings. The summed E-state index contributed by atoms with van der Waals surface area (Å²) in [6, 6.07) is 3.20. The third-order valence-corrected chi connectivity index (χ3v) is 3.61. The number of halogens is 1. The first-order valence-electron chi connectivity index (χ1n) is 5.24. The molecule has 0 aliphatic rings. The van der Waals surface area contributed by atoms with Gasteiger partial charge in [0, 0.05) is 11.6 Å². The highest BCUT2D eigenvalue weighted by Gasteiger charge is 2.20. The molecule has 0 radical (unpaired) electrons. The highest BCUT2D eigenvalue weighted by molar-refractivity contribution is 9.10. The van der Waals surface area contributed by atoms with Crippen LogP contribution < -0.4 is 9.88 Å². The number of primary sulfonamides is 1. The van der Waals surface area contributed by atoms with Crippen molar-refractivity contribution in [2.24, 2.45) is 5.14 Å². The predicted octanol–water partition coefficient (Wildman–Crippen LogP) is 1.82. The van der Waals surface area contributed by atoms with E-state index in [1.807, 2.05) is 0 Å². The van der Waals surface area contributed by atoms with Crippen molar-refractivity contribution in [1.29, 1.82) is 0 Å². The molecule has 102 valence electrons. The second kappa shape index (κ2) is 6.01. The van der Waals surface area contributed by atoms with E-state index >= 15 is 0 Å². The quantitative estimate of drug-likeness (QED) is 0.888. The Kier molecular flexibility index (Phi) is 5.15. The van der Waals surface area contributed by atoms with Crippen molar-refractivity contribution in [3.8, 4) is 5.75 Å². The molecule has 7 heteroatoms. The maximum Gasteiger partial charge on any atom is 0.241 e. The van der Waals surface area contributed by atoms with Gasteiger partial charge in [0.1, 0.15) is 16.7 Å². The molecule has 1 atom stereocenters. The second-order valence-corrected chi connectivity index (χ2v) is 6.42. The maximum atomic E-state index is 11.5. The summed E-state index contributed by atoms with van der Waals surface area (Å²) < 4.78 is 34.3. The van der Waals surface area contributed by atoms with E-state index in [1.165, 1.54) is 6.07 Å². The number of benzene rings is 1. The molecule has 0 aromatic heterocycles. The van der Waals surface area contributed by atoms with Crippen molar-refractivity contribution < 1.29 is 17.9 Å². The molecule has 1 unspecified atom stereocenters. The molecule has 1 rings (SSSR count). The predicted molar refractivity (Wildman–Crippen MR) is 72.2 cm³/mol. The molecule has 1 aromatic carbocycles. The molecule has 0 aliphatic heterocycles. The van der Waals surface area contributed by atoms with Gasteiger partial charge in [-0.2, -0.15) is 0 Å². The molecule has 0 spiro atoms. The Balaban J connectivity index is 3.25. The number of hydrogen-bond acceptors (Lipinski definition) is 4. The summed E-state index contributed by atoms with van der Waals surface area (Å²) in [5.74, 6) is 0.269. The monoisotopic (exact) mass is 337 g/mol. The highest BCUT2D eigenvalue weighted by atomic mass is 79.9. The molecular formula is C11H16BrNO4S. The van der Waals surface area contributed by atoms with Crippen molar-refractivity contribution in [3.63, 3.8) is 0 Å². The number of rotatable bonds is 5. The van der Waals surface area contributed by atoms with Crippen molar-refractivity contribution >= 4 is 26.0 Å². The van der Waals surface area contributed by atoms with Crippen LogP contribution in [0.15, 0.2) is 21.5 Å². The van der Waals surface area contributed by atoms with Gasteiger partial charge in [0.15, 0.2) is 0 Å². The standard InChI is InChI=1S/C11H16BrNO4S/c1-7-4-9(12)5-10(18(13,14)15)11(7)17-8(2)6-16-3/h4-5,8H,6H2,1-3H3,(H2,13,14,15). The third kappa shape index (κ3) is 3.94. The average molecular weight is 338 g/mol. The van der Waals surface area contributed by atoms with Gasteiger partial charge < -0.3 is 9.47 Å². The SMILES string of the molecule is COCC(C)Oc1c(C)cc(Br)cc1S(N)(=O)=O. The van der Waals surface area contributed by atoms with Crippen LogP contribution in [-0.4, -0.2) is 28.2 Å². The van der Waals surface area contributed by atoms with Crippen molar-refractivity contribution in [2.45, 2.75) is 24.8 Å². The Morgan fingerprint density at radius 2 is 2.06 bits per heavy atom. The average Bonchev–Trinajstić information content (AvgIpc) is 2.20.